The van der Waals surface area contributed by atoms with Crippen molar-refractivity contribution in [2.75, 3.05) is 19.8 Å². The van der Waals surface area contributed by atoms with E-state index in [4.69, 9.17) is 18.5 Å². The van der Waals surface area contributed by atoms with E-state index in [1.807, 2.05) is 0 Å². The van der Waals surface area contributed by atoms with Crippen LogP contribution in [0.4, 0.5) is 0 Å². The molecule has 0 aromatic carbocycles. The lowest BCUT2D eigenvalue weighted by Gasteiger charge is -2.19. The quantitative estimate of drug-likeness (QED) is 0.0280. The van der Waals surface area contributed by atoms with Gasteiger partial charge >= 0.3 is 19.8 Å². The number of hydrogen-bond donors (Lipinski definition) is 1. The van der Waals surface area contributed by atoms with E-state index in [-0.39, 0.29) is 32.0 Å². The van der Waals surface area contributed by atoms with Crippen LogP contribution in [-0.4, -0.2) is 42.8 Å². The first-order valence-corrected chi connectivity index (χ1v) is 25.4. The molecular weight excluding hydrogens is 748 g/mol. The van der Waals surface area contributed by atoms with Gasteiger partial charge in [-0.2, -0.15) is 0 Å². The number of allylic oxidation sites excluding steroid dienone is 8. The van der Waals surface area contributed by atoms with Gasteiger partial charge in [-0.3, -0.25) is 18.6 Å². The fourth-order valence-corrected chi connectivity index (χ4v) is 7.33. The van der Waals surface area contributed by atoms with Crippen molar-refractivity contribution in [1.82, 2.24) is 0 Å². The van der Waals surface area contributed by atoms with Crippen LogP contribution in [0.1, 0.15) is 226 Å². The Balaban J connectivity index is 4.05. The zero-order valence-electron chi connectivity index (χ0n) is 37.7. The Bertz CT molecular complexity index is 1080. The van der Waals surface area contributed by atoms with Crippen LogP contribution in [0, 0.1) is 0 Å². The Kier molecular flexibility index (Phi) is 43.0. The number of carbonyl (C=O) groups excluding carboxylic acids is 2. The molecule has 0 amide bonds. The Hall–Kier alpha value is -1.99. The zero-order valence-corrected chi connectivity index (χ0v) is 38.6. The van der Waals surface area contributed by atoms with Crippen molar-refractivity contribution in [1.29, 1.82) is 0 Å². The van der Waals surface area contributed by atoms with E-state index in [0.29, 0.717) is 6.42 Å². The van der Waals surface area contributed by atoms with E-state index in [1.165, 1.54) is 116 Å². The third kappa shape index (κ3) is 43.6. The lowest BCUT2D eigenvalue weighted by atomic mass is 10.1. The van der Waals surface area contributed by atoms with Gasteiger partial charge in [-0.1, -0.05) is 178 Å². The van der Waals surface area contributed by atoms with Crippen molar-refractivity contribution in [3.05, 3.63) is 48.6 Å². The average Bonchev–Trinajstić information content (AvgIpc) is 3.20. The van der Waals surface area contributed by atoms with Gasteiger partial charge in [0.1, 0.15) is 6.61 Å². The zero-order chi connectivity index (χ0) is 42.5. The first kappa shape index (κ1) is 56.0. The van der Waals surface area contributed by atoms with Crippen molar-refractivity contribution in [3.63, 3.8) is 0 Å². The molecule has 1 N–H and O–H groups in total. The number of phosphoric ester groups is 1. The molecule has 0 saturated carbocycles. The number of unbranched alkanes of at least 4 members (excludes halogenated alkanes) is 24. The first-order valence-electron chi connectivity index (χ1n) is 23.9. The second-order valence-corrected chi connectivity index (χ2v) is 17.2. The normalized spacial score (nSPS) is 13.7. The summed E-state index contributed by atoms with van der Waals surface area (Å²) in [5.41, 5.74) is 0. The molecule has 0 fully saturated rings. The molecule has 0 bridgehead atoms. The SMILES string of the molecule is CCCCC/C=C\C/C=C\C/C=C\CCCCCCCCC(=O)OC(COC(=O)CCCCCCCCCCC/C=C\CCCCCCCC)COP(=O)(O)OCC. The van der Waals surface area contributed by atoms with Crippen LogP contribution >= 0.6 is 7.82 Å². The molecule has 8 nitrogen and oxygen atoms in total. The van der Waals surface area contributed by atoms with Gasteiger partial charge in [0.2, 0.25) is 0 Å². The molecule has 58 heavy (non-hydrogen) atoms. The summed E-state index contributed by atoms with van der Waals surface area (Å²) >= 11 is 0. The lowest BCUT2D eigenvalue weighted by molar-refractivity contribution is -0.161. The Labute approximate surface area is 357 Å². The maximum Gasteiger partial charge on any atom is 0.472 e. The van der Waals surface area contributed by atoms with E-state index in [0.717, 1.165) is 70.6 Å². The molecule has 0 aliphatic heterocycles. The lowest BCUT2D eigenvalue weighted by Crippen LogP contribution is -2.29. The van der Waals surface area contributed by atoms with Crippen molar-refractivity contribution < 1.29 is 37.6 Å². The predicted octanol–water partition coefficient (Wildman–Crippen LogP) is 15.3. The van der Waals surface area contributed by atoms with Crippen molar-refractivity contribution in [2.24, 2.45) is 0 Å². The molecule has 2 unspecified atom stereocenters. The van der Waals surface area contributed by atoms with Gasteiger partial charge in [-0.15, -0.1) is 0 Å². The van der Waals surface area contributed by atoms with E-state index in [2.05, 4.69) is 62.5 Å². The molecule has 0 spiro atoms. The molecule has 0 heterocycles. The standard InChI is InChI=1S/C49H89O8P/c1-4-7-9-11-13-15-17-19-21-23-25-27-29-31-33-35-37-39-41-43-48(50)54-45-47(46-56-58(52,53)55-6-3)57-49(51)44-42-40-38-36-34-32-30-28-26-24-22-20-18-16-14-12-10-8-5-2/h14,16,19-22,26,28,47H,4-13,15,17-18,23-25,27,29-46H2,1-3H3,(H,52,53)/b16-14-,21-19-,22-20-,28-26-. The Morgan fingerprint density at radius 3 is 1.29 bits per heavy atom. The van der Waals surface area contributed by atoms with Gasteiger partial charge < -0.3 is 14.4 Å². The van der Waals surface area contributed by atoms with E-state index >= 15 is 0 Å². The van der Waals surface area contributed by atoms with Gasteiger partial charge in [-0.25, -0.2) is 4.57 Å². The summed E-state index contributed by atoms with van der Waals surface area (Å²) in [5.74, 6) is -0.811. The summed E-state index contributed by atoms with van der Waals surface area (Å²) in [5, 5.41) is 0. The number of esters is 2. The second kappa shape index (κ2) is 44.6. The maximum atomic E-state index is 12.6. The van der Waals surface area contributed by atoms with Crippen LogP contribution in [-0.2, 0) is 32.7 Å². The van der Waals surface area contributed by atoms with Gasteiger partial charge in [0, 0.05) is 12.8 Å². The van der Waals surface area contributed by atoms with Gasteiger partial charge in [0.25, 0.3) is 0 Å². The van der Waals surface area contributed by atoms with Crippen LogP contribution in [0.5, 0.6) is 0 Å². The number of rotatable bonds is 44. The van der Waals surface area contributed by atoms with E-state index < -0.39 is 26.5 Å². The summed E-state index contributed by atoms with van der Waals surface area (Å²) in [7, 11) is -4.29. The van der Waals surface area contributed by atoms with Crippen molar-refractivity contribution >= 4 is 19.8 Å². The molecule has 0 rings (SSSR count). The number of phosphoric acid groups is 1. The van der Waals surface area contributed by atoms with Gasteiger partial charge in [0.15, 0.2) is 6.10 Å². The minimum atomic E-state index is -4.29. The molecule has 0 radical (unpaired) electrons. The van der Waals surface area contributed by atoms with Crippen LogP contribution < -0.4 is 0 Å². The van der Waals surface area contributed by atoms with Gasteiger partial charge in [0.05, 0.1) is 13.2 Å². The third-order valence-corrected chi connectivity index (χ3v) is 11.2. The molecule has 2 atom stereocenters. The number of hydrogen-bond acceptors (Lipinski definition) is 7. The smallest absolute Gasteiger partial charge is 0.462 e. The van der Waals surface area contributed by atoms with E-state index in [1.54, 1.807) is 6.92 Å². The first-order chi connectivity index (χ1) is 28.3. The summed E-state index contributed by atoms with van der Waals surface area (Å²) in [6.45, 7) is 5.45. The fourth-order valence-electron chi connectivity index (χ4n) is 6.57. The number of ether oxygens (including phenoxy) is 2. The molecule has 0 aliphatic rings. The van der Waals surface area contributed by atoms with Gasteiger partial charge in [-0.05, 0) is 84.0 Å². The van der Waals surface area contributed by atoms with E-state index in [9.17, 15) is 19.0 Å². The molecule has 0 saturated heterocycles. The minimum absolute atomic E-state index is 0.00363. The Morgan fingerprint density at radius 1 is 0.466 bits per heavy atom. The molecule has 9 heteroatoms. The molecule has 338 valence electrons. The highest BCUT2D eigenvalue weighted by Crippen LogP contribution is 2.43. The molecule has 0 aliphatic carbocycles. The number of carbonyl (C=O) groups is 2. The third-order valence-electron chi connectivity index (χ3n) is 10.1. The molecule has 0 aromatic heterocycles. The summed E-state index contributed by atoms with van der Waals surface area (Å²) in [4.78, 5) is 34.9. The predicted molar refractivity (Wildman–Crippen MR) is 244 cm³/mol. The molecule has 0 aromatic rings. The van der Waals surface area contributed by atoms with Crippen LogP contribution in [0.2, 0.25) is 0 Å². The monoisotopic (exact) mass is 837 g/mol. The molecular formula is C49H89O8P. The average molecular weight is 837 g/mol. The highest BCUT2D eigenvalue weighted by molar-refractivity contribution is 7.47. The van der Waals surface area contributed by atoms with Crippen LogP contribution in [0.15, 0.2) is 48.6 Å². The summed E-state index contributed by atoms with van der Waals surface area (Å²) in [6.07, 6.45) is 53.0. The Morgan fingerprint density at radius 2 is 0.828 bits per heavy atom. The summed E-state index contributed by atoms with van der Waals surface area (Å²) in [6, 6.07) is 0. The highest BCUT2D eigenvalue weighted by Gasteiger charge is 2.25. The van der Waals surface area contributed by atoms with Crippen LogP contribution in [0.3, 0.4) is 0 Å². The second-order valence-electron chi connectivity index (χ2n) is 15.8. The largest absolute Gasteiger partial charge is 0.472 e. The van der Waals surface area contributed by atoms with Crippen molar-refractivity contribution in [2.45, 2.75) is 232 Å². The summed E-state index contributed by atoms with van der Waals surface area (Å²) < 4.78 is 32.7. The van der Waals surface area contributed by atoms with Crippen LogP contribution in [0.25, 0.3) is 0 Å². The minimum Gasteiger partial charge on any atom is -0.462 e. The van der Waals surface area contributed by atoms with Crippen molar-refractivity contribution in [3.8, 4) is 0 Å². The topological polar surface area (TPSA) is 108 Å². The highest BCUT2D eigenvalue weighted by atomic mass is 31.2. The maximum absolute atomic E-state index is 12.6. The fraction of sp³-hybridized carbons (Fsp3) is 0.796.